The zero-order chi connectivity index (χ0) is 8.81. The maximum Gasteiger partial charge on any atom is 0.0602 e. The van der Waals surface area contributed by atoms with Crippen LogP contribution in [-0.2, 0) is 0 Å². The van der Waals surface area contributed by atoms with Gasteiger partial charge in [0.05, 0.1) is 13.1 Å². The van der Waals surface area contributed by atoms with Gasteiger partial charge in [0.15, 0.2) is 0 Å². The van der Waals surface area contributed by atoms with E-state index < -0.39 is 0 Å². The van der Waals surface area contributed by atoms with Crippen molar-refractivity contribution in [3.63, 3.8) is 0 Å². The topological polar surface area (TPSA) is 32.5 Å². The molecule has 0 bridgehead atoms. The standard InChI is InChI=1S/C9H17N3.3ClH/c1-11-6-8-12(9-7-11)5-3-2-4-10;;;/h4-10H2,1H3;3*1H. The third-order valence-electron chi connectivity index (χ3n) is 2.13. The summed E-state index contributed by atoms with van der Waals surface area (Å²) in [6.07, 6.45) is 0. The third kappa shape index (κ3) is 9.25. The van der Waals surface area contributed by atoms with Gasteiger partial charge in [0.1, 0.15) is 0 Å². The average molecular weight is 277 g/mol. The SMILES string of the molecule is CN1CCN(CC#CCN)CC1.Cl.Cl.Cl. The summed E-state index contributed by atoms with van der Waals surface area (Å²) >= 11 is 0. The Morgan fingerprint density at radius 2 is 1.53 bits per heavy atom. The predicted octanol–water partition coefficient (Wildman–Crippen LogP) is 0.461. The number of hydrogen-bond acceptors (Lipinski definition) is 3. The van der Waals surface area contributed by atoms with E-state index in [0.717, 1.165) is 32.7 Å². The van der Waals surface area contributed by atoms with Crippen LogP contribution in [0.4, 0.5) is 0 Å². The van der Waals surface area contributed by atoms with Gasteiger partial charge < -0.3 is 10.6 Å². The van der Waals surface area contributed by atoms with E-state index >= 15 is 0 Å². The Kier molecular flexibility index (Phi) is 17.1. The molecule has 0 aliphatic carbocycles. The molecule has 0 aromatic carbocycles. The molecule has 1 rings (SSSR count). The van der Waals surface area contributed by atoms with Crippen molar-refractivity contribution in [3.05, 3.63) is 0 Å². The van der Waals surface area contributed by atoms with Crippen molar-refractivity contribution in [2.75, 3.05) is 46.3 Å². The fourth-order valence-electron chi connectivity index (χ4n) is 1.25. The minimum absolute atomic E-state index is 0. The molecular formula is C9H20Cl3N3. The highest BCUT2D eigenvalue weighted by atomic mass is 35.5. The molecule has 1 aliphatic heterocycles. The predicted molar refractivity (Wildman–Crippen MR) is 72.5 cm³/mol. The first kappa shape index (κ1) is 20.7. The molecule has 0 spiro atoms. The molecule has 3 nitrogen and oxygen atoms in total. The zero-order valence-corrected chi connectivity index (χ0v) is 11.4. The first-order valence-electron chi connectivity index (χ1n) is 4.39. The molecule has 92 valence electrons. The van der Waals surface area contributed by atoms with Gasteiger partial charge in [-0.05, 0) is 7.05 Å². The Morgan fingerprint density at radius 1 is 1.00 bits per heavy atom. The Balaban J connectivity index is -0.000000480. The maximum atomic E-state index is 5.27. The van der Waals surface area contributed by atoms with Crippen molar-refractivity contribution >= 4 is 37.2 Å². The smallest absolute Gasteiger partial charge is 0.0602 e. The molecule has 0 radical (unpaired) electrons. The summed E-state index contributed by atoms with van der Waals surface area (Å²) in [6, 6.07) is 0. The summed E-state index contributed by atoms with van der Waals surface area (Å²) < 4.78 is 0. The van der Waals surface area contributed by atoms with E-state index in [-0.39, 0.29) is 37.2 Å². The molecular weight excluding hydrogens is 256 g/mol. The van der Waals surface area contributed by atoms with Gasteiger partial charge in [0.2, 0.25) is 0 Å². The van der Waals surface area contributed by atoms with Crippen LogP contribution in [0.2, 0.25) is 0 Å². The monoisotopic (exact) mass is 275 g/mol. The second-order valence-corrected chi connectivity index (χ2v) is 3.14. The van der Waals surface area contributed by atoms with Crippen molar-refractivity contribution < 1.29 is 0 Å². The third-order valence-corrected chi connectivity index (χ3v) is 2.13. The summed E-state index contributed by atoms with van der Waals surface area (Å²) in [6.45, 7) is 5.94. The number of hydrogen-bond donors (Lipinski definition) is 1. The number of likely N-dealkylation sites (N-methyl/N-ethyl adjacent to an activating group) is 1. The number of nitrogens with two attached hydrogens (primary N) is 1. The largest absolute Gasteiger partial charge is 0.320 e. The van der Waals surface area contributed by atoms with Crippen molar-refractivity contribution in [1.82, 2.24) is 9.80 Å². The molecule has 1 saturated heterocycles. The van der Waals surface area contributed by atoms with Crippen molar-refractivity contribution in [3.8, 4) is 11.8 Å². The molecule has 0 atom stereocenters. The quantitative estimate of drug-likeness (QED) is 0.707. The molecule has 0 aromatic heterocycles. The molecule has 0 unspecified atom stereocenters. The summed E-state index contributed by atoms with van der Waals surface area (Å²) in [4.78, 5) is 4.70. The van der Waals surface area contributed by atoms with Gasteiger partial charge in [-0.15, -0.1) is 37.2 Å². The van der Waals surface area contributed by atoms with Crippen LogP contribution in [-0.4, -0.2) is 56.1 Å². The maximum absolute atomic E-state index is 5.27. The lowest BCUT2D eigenvalue weighted by Crippen LogP contribution is -2.44. The first-order chi connectivity index (χ1) is 5.83. The summed E-state index contributed by atoms with van der Waals surface area (Å²) in [7, 11) is 2.16. The van der Waals surface area contributed by atoms with Crippen LogP contribution in [0.25, 0.3) is 0 Å². The van der Waals surface area contributed by atoms with Crippen LogP contribution in [0.1, 0.15) is 0 Å². The first-order valence-corrected chi connectivity index (χ1v) is 4.39. The van der Waals surface area contributed by atoms with Gasteiger partial charge in [0, 0.05) is 26.2 Å². The molecule has 0 aromatic rings. The second kappa shape index (κ2) is 12.4. The molecule has 1 heterocycles. The highest BCUT2D eigenvalue weighted by Crippen LogP contribution is 1.96. The number of halogens is 3. The second-order valence-electron chi connectivity index (χ2n) is 3.14. The van der Waals surface area contributed by atoms with Gasteiger partial charge in [-0.3, -0.25) is 4.90 Å². The zero-order valence-electron chi connectivity index (χ0n) is 8.94. The van der Waals surface area contributed by atoms with E-state index in [2.05, 4.69) is 28.7 Å². The van der Waals surface area contributed by atoms with E-state index in [1.807, 2.05) is 0 Å². The van der Waals surface area contributed by atoms with Gasteiger partial charge >= 0.3 is 0 Å². The Bertz CT molecular complexity index is 183. The Morgan fingerprint density at radius 3 is 2.00 bits per heavy atom. The van der Waals surface area contributed by atoms with Gasteiger partial charge in [-0.1, -0.05) is 11.8 Å². The lowest BCUT2D eigenvalue weighted by molar-refractivity contribution is 0.168. The van der Waals surface area contributed by atoms with Crippen LogP contribution >= 0.6 is 37.2 Å². The highest BCUT2D eigenvalue weighted by Gasteiger charge is 2.11. The number of rotatable bonds is 1. The molecule has 0 saturated carbocycles. The Hall–Kier alpha value is 0.310. The van der Waals surface area contributed by atoms with Crippen molar-refractivity contribution in [1.29, 1.82) is 0 Å². The van der Waals surface area contributed by atoms with Gasteiger partial charge in [-0.2, -0.15) is 0 Å². The minimum atomic E-state index is 0. The summed E-state index contributed by atoms with van der Waals surface area (Å²) in [5.74, 6) is 5.93. The molecule has 1 aliphatic rings. The average Bonchev–Trinajstić information content (AvgIpc) is 2.09. The molecule has 0 amide bonds. The van der Waals surface area contributed by atoms with Crippen LogP contribution in [0, 0.1) is 11.8 Å². The molecule has 15 heavy (non-hydrogen) atoms. The van der Waals surface area contributed by atoms with Crippen LogP contribution in [0.5, 0.6) is 0 Å². The molecule has 1 fully saturated rings. The Labute approximate surface area is 111 Å². The van der Waals surface area contributed by atoms with E-state index in [1.54, 1.807) is 0 Å². The highest BCUT2D eigenvalue weighted by molar-refractivity contribution is 5.86. The van der Waals surface area contributed by atoms with E-state index in [9.17, 15) is 0 Å². The number of nitrogens with zero attached hydrogens (tertiary/aromatic N) is 2. The molecule has 6 heteroatoms. The number of piperazine rings is 1. The fourth-order valence-corrected chi connectivity index (χ4v) is 1.25. The van der Waals surface area contributed by atoms with Crippen LogP contribution in [0.3, 0.4) is 0 Å². The van der Waals surface area contributed by atoms with Crippen LogP contribution < -0.4 is 5.73 Å². The normalized spacial score (nSPS) is 16.1. The summed E-state index contributed by atoms with van der Waals surface area (Å²) in [5.41, 5.74) is 5.27. The van der Waals surface area contributed by atoms with Gasteiger partial charge in [0.25, 0.3) is 0 Å². The lowest BCUT2D eigenvalue weighted by Gasteiger charge is -2.30. The minimum Gasteiger partial charge on any atom is -0.320 e. The van der Waals surface area contributed by atoms with Crippen LogP contribution in [0.15, 0.2) is 0 Å². The van der Waals surface area contributed by atoms with Gasteiger partial charge in [-0.25, -0.2) is 0 Å². The van der Waals surface area contributed by atoms with E-state index in [1.165, 1.54) is 0 Å². The molecule has 2 N–H and O–H groups in total. The van der Waals surface area contributed by atoms with E-state index in [4.69, 9.17) is 5.73 Å². The van der Waals surface area contributed by atoms with E-state index in [0.29, 0.717) is 6.54 Å². The summed E-state index contributed by atoms with van der Waals surface area (Å²) in [5, 5.41) is 0. The van der Waals surface area contributed by atoms with Crippen molar-refractivity contribution in [2.45, 2.75) is 0 Å². The fraction of sp³-hybridized carbons (Fsp3) is 0.778. The lowest BCUT2D eigenvalue weighted by atomic mass is 10.3. The van der Waals surface area contributed by atoms with Crippen molar-refractivity contribution in [2.24, 2.45) is 5.73 Å².